The molecule has 0 aromatic heterocycles. The molecule has 0 heterocycles. The topological polar surface area (TPSA) is 76.7 Å². The molecule has 1 unspecified atom stereocenters. The number of thioether (sulfide) groups is 1. The fraction of sp³-hybridized carbons (Fsp3) is 0.231. The van der Waals surface area contributed by atoms with Crippen LogP contribution in [0.1, 0.15) is 30.6 Å². The summed E-state index contributed by atoms with van der Waals surface area (Å²) < 4.78 is 10.6. The molecule has 6 nitrogen and oxygen atoms in total. The van der Waals surface area contributed by atoms with Gasteiger partial charge in [0.2, 0.25) is 5.91 Å². The van der Waals surface area contributed by atoms with E-state index in [-0.39, 0.29) is 17.1 Å². The molecule has 0 aliphatic rings. The Morgan fingerprint density at radius 3 is 2.33 bits per heavy atom. The predicted molar refractivity (Wildman–Crippen MR) is 134 cm³/mol. The van der Waals surface area contributed by atoms with Crippen LogP contribution in [0.15, 0.2) is 77.7 Å². The van der Waals surface area contributed by atoms with E-state index >= 15 is 0 Å². The molecule has 0 fully saturated rings. The SMILES string of the molecule is CCOc1ccc(NC(=O)C(CC)Sc2cccc(NC(=O)c3cccc(OC)c3)c2)cc1. The highest BCUT2D eigenvalue weighted by Gasteiger charge is 2.18. The smallest absolute Gasteiger partial charge is 0.255 e. The molecule has 2 amide bonds. The Morgan fingerprint density at radius 2 is 1.64 bits per heavy atom. The van der Waals surface area contributed by atoms with Crippen LogP contribution < -0.4 is 20.1 Å². The van der Waals surface area contributed by atoms with Crippen LogP contribution >= 0.6 is 11.8 Å². The van der Waals surface area contributed by atoms with Gasteiger partial charge in [0.25, 0.3) is 5.91 Å². The maximum atomic E-state index is 12.8. The average molecular weight is 465 g/mol. The van der Waals surface area contributed by atoms with Crippen LogP contribution in [0.2, 0.25) is 0 Å². The highest BCUT2D eigenvalue weighted by atomic mass is 32.2. The molecule has 0 saturated heterocycles. The van der Waals surface area contributed by atoms with Crippen molar-refractivity contribution in [2.75, 3.05) is 24.4 Å². The number of rotatable bonds is 10. The van der Waals surface area contributed by atoms with Crippen molar-refractivity contribution in [3.63, 3.8) is 0 Å². The summed E-state index contributed by atoms with van der Waals surface area (Å²) in [7, 11) is 1.56. The largest absolute Gasteiger partial charge is 0.497 e. The van der Waals surface area contributed by atoms with Gasteiger partial charge in [0, 0.05) is 21.8 Å². The maximum Gasteiger partial charge on any atom is 0.255 e. The van der Waals surface area contributed by atoms with Gasteiger partial charge in [-0.25, -0.2) is 0 Å². The zero-order valence-corrected chi connectivity index (χ0v) is 19.8. The quantitative estimate of drug-likeness (QED) is 0.368. The third kappa shape index (κ3) is 7.02. The Labute approximate surface area is 198 Å². The van der Waals surface area contributed by atoms with E-state index in [2.05, 4.69) is 10.6 Å². The van der Waals surface area contributed by atoms with Crippen LogP contribution in [0.5, 0.6) is 11.5 Å². The van der Waals surface area contributed by atoms with Gasteiger partial charge < -0.3 is 20.1 Å². The number of anilines is 2. The summed E-state index contributed by atoms with van der Waals surface area (Å²) >= 11 is 1.46. The first-order chi connectivity index (χ1) is 16.0. The first-order valence-electron chi connectivity index (χ1n) is 10.8. The molecule has 1 atom stereocenters. The van der Waals surface area contributed by atoms with E-state index in [1.54, 1.807) is 31.4 Å². The van der Waals surface area contributed by atoms with Crippen LogP contribution in [0.3, 0.4) is 0 Å². The van der Waals surface area contributed by atoms with Gasteiger partial charge in [-0.3, -0.25) is 9.59 Å². The summed E-state index contributed by atoms with van der Waals surface area (Å²) in [6.45, 7) is 4.50. The lowest BCUT2D eigenvalue weighted by molar-refractivity contribution is -0.115. The van der Waals surface area contributed by atoms with E-state index in [0.717, 1.165) is 16.3 Å². The van der Waals surface area contributed by atoms with Crippen molar-refractivity contribution >= 4 is 35.0 Å². The van der Waals surface area contributed by atoms with Crippen molar-refractivity contribution < 1.29 is 19.1 Å². The molecule has 0 aliphatic heterocycles. The third-order valence-corrected chi connectivity index (χ3v) is 6.16. The lowest BCUT2D eigenvalue weighted by atomic mass is 10.2. The Kier molecular flexibility index (Phi) is 8.78. The molecule has 7 heteroatoms. The van der Waals surface area contributed by atoms with Gasteiger partial charge in [-0.05, 0) is 74.0 Å². The first-order valence-corrected chi connectivity index (χ1v) is 11.7. The van der Waals surface area contributed by atoms with Crippen LogP contribution in [-0.2, 0) is 4.79 Å². The molecule has 33 heavy (non-hydrogen) atoms. The molecule has 0 bridgehead atoms. The lowest BCUT2D eigenvalue weighted by Crippen LogP contribution is -2.24. The number of ether oxygens (including phenoxy) is 2. The van der Waals surface area contributed by atoms with Crippen molar-refractivity contribution in [3.05, 3.63) is 78.4 Å². The van der Waals surface area contributed by atoms with Crippen LogP contribution in [-0.4, -0.2) is 30.8 Å². The standard InChI is InChI=1S/C26H28N2O4S/c1-4-24(26(30)27-19-12-14-21(15-13-19)32-5-2)33-23-11-7-9-20(17-23)28-25(29)18-8-6-10-22(16-18)31-3/h6-17,24H,4-5H2,1-3H3,(H,27,30)(H,28,29). The Balaban J connectivity index is 1.63. The first kappa shape index (κ1) is 24.2. The van der Waals surface area contributed by atoms with Gasteiger partial charge >= 0.3 is 0 Å². The Bertz CT molecular complexity index is 1090. The van der Waals surface area contributed by atoms with Gasteiger partial charge in [0.1, 0.15) is 11.5 Å². The van der Waals surface area contributed by atoms with Gasteiger partial charge in [-0.2, -0.15) is 0 Å². The van der Waals surface area contributed by atoms with E-state index in [0.29, 0.717) is 30.0 Å². The third-order valence-electron chi connectivity index (χ3n) is 4.80. The molecule has 0 aliphatic carbocycles. The summed E-state index contributed by atoms with van der Waals surface area (Å²) in [5.74, 6) is 1.09. The second-order valence-corrected chi connectivity index (χ2v) is 8.45. The molecule has 0 radical (unpaired) electrons. The van der Waals surface area contributed by atoms with Crippen molar-refractivity contribution in [1.29, 1.82) is 0 Å². The molecular formula is C26H28N2O4S. The summed E-state index contributed by atoms with van der Waals surface area (Å²) in [5.41, 5.74) is 1.89. The monoisotopic (exact) mass is 464 g/mol. The zero-order chi connectivity index (χ0) is 23.6. The molecular weight excluding hydrogens is 436 g/mol. The molecule has 2 N–H and O–H groups in total. The van der Waals surface area contributed by atoms with Crippen molar-refractivity contribution in [2.45, 2.75) is 30.4 Å². The number of benzene rings is 3. The minimum atomic E-state index is -0.277. The fourth-order valence-corrected chi connectivity index (χ4v) is 4.14. The number of methoxy groups -OCH3 is 1. The number of amides is 2. The zero-order valence-electron chi connectivity index (χ0n) is 19.0. The van der Waals surface area contributed by atoms with Gasteiger partial charge in [0.05, 0.1) is 19.0 Å². The fourth-order valence-electron chi connectivity index (χ4n) is 3.13. The van der Waals surface area contributed by atoms with Crippen LogP contribution in [0.25, 0.3) is 0 Å². The predicted octanol–water partition coefficient (Wildman–Crippen LogP) is 5.86. The van der Waals surface area contributed by atoms with E-state index < -0.39 is 0 Å². The van der Waals surface area contributed by atoms with E-state index in [4.69, 9.17) is 9.47 Å². The normalized spacial score (nSPS) is 11.4. The molecule has 3 aromatic rings. The van der Waals surface area contributed by atoms with Gasteiger partial charge in [0.15, 0.2) is 0 Å². The minimum absolute atomic E-state index is 0.0718. The van der Waals surface area contributed by atoms with Gasteiger partial charge in [-0.1, -0.05) is 19.1 Å². The summed E-state index contributed by atoms with van der Waals surface area (Å²) in [6.07, 6.45) is 0.661. The molecule has 3 rings (SSSR count). The molecule has 0 saturated carbocycles. The van der Waals surface area contributed by atoms with Crippen LogP contribution in [0, 0.1) is 0 Å². The number of hydrogen-bond donors (Lipinski definition) is 2. The second kappa shape index (κ2) is 12.0. The Morgan fingerprint density at radius 1 is 0.879 bits per heavy atom. The number of carbonyl (C=O) groups excluding carboxylic acids is 2. The van der Waals surface area contributed by atoms with E-state index in [9.17, 15) is 9.59 Å². The number of hydrogen-bond acceptors (Lipinski definition) is 5. The summed E-state index contributed by atoms with van der Waals surface area (Å²) in [5, 5.41) is 5.59. The van der Waals surface area contributed by atoms with Crippen molar-refractivity contribution in [1.82, 2.24) is 0 Å². The van der Waals surface area contributed by atoms with E-state index in [1.165, 1.54) is 11.8 Å². The molecule has 172 valence electrons. The number of carbonyl (C=O) groups is 2. The lowest BCUT2D eigenvalue weighted by Gasteiger charge is -2.16. The van der Waals surface area contributed by atoms with Crippen LogP contribution in [0.4, 0.5) is 11.4 Å². The Hall–Kier alpha value is -3.45. The van der Waals surface area contributed by atoms with Crippen molar-refractivity contribution in [3.8, 4) is 11.5 Å². The highest BCUT2D eigenvalue weighted by molar-refractivity contribution is 8.00. The second-order valence-electron chi connectivity index (χ2n) is 7.18. The van der Waals surface area contributed by atoms with Gasteiger partial charge in [-0.15, -0.1) is 11.8 Å². The molecule has 0 spiro atoms. The maximum absolute atomic E-state index is 12.8. The van der Waals surface area contributed by atoms with E-state index in [1.807, 2.05) is 62.4 Å². The molecule has 3 aromatic carbocycles. The highest BCUT2D eigenvalue weighted by Crippen LogP contribution is 2.29. The average Bonchev–Trinajstić information content (AvgIpc) is 2.84. The van der Waals surface area contributed by atoms with Crippen molar-refractivity contribution in [2.24, 2.45) is 0 Å². The summed E-state index contributed by atoms with van der Waals surface area (Å²) in [6, 6.07) is 21.8. The summed E-state index contributed by atoms with van der Waals surface area (Å²) in [4.78, 5) is 26.3. The number of nitrogens with one attached hydrogen (secondary N) is 2. The minimum Gasteiger partial charge on any atom is -0.497 e.